The summed E-state index contributed by atoms with van der Waals surface area (Å²) in [4.78, 5) is 2.36. The first kappa shape index (κ1) is 21.0. The van der Waals surface area contributed by atoms with Crippen LogP contribution in [0.25, 0.3) is 54.3 Å². The minimum atomic E-state index is 0.889. The Bertz CT molecular complexity index is 2140. The van der Waals surface area contributed by atoms with E-state index in [1.807, 2.05) is 12.1 Å². The number of hydrogen-bond donors (Lipinski definition) is 0. The number of para-hydroxylation sites is 3. The van der Waals surface area contributed by atoms with Gasteiger partial charge in [0.1, 0.15) is 5.58 Å². The molecule has 1 heterocycles. The molecule has 0 aliphatic heterocycles. The van der Waals surface area contributed by atoms with Crippen molar-refractivity contribution in [3.63, 3.8) is 0 Å². The van der Waals surface area contributed by atoms with Gasteiger partial charge in [-0.15, -0.1) is 0 Å². The van der Waals surface area contributed by atoms with Crippen LogP contribution in [-0.4, -0.2) is 0 Å². The highest BCUT2D eigenvalue weighted by molar-refractivity contribution is 6.22. The summed E-state index contributed by atoms with van der Waals surface area (Å²) in [6, 6.07) is 49.5. The summed E-state index contributed by atoms with van der Waals surface area (Å²) in [5.41, 5.74) is 5.03. The summed E-state index contributed by atoms with van der Waals surface area (Å²) in [6.45, 7) is 0. The van der Waals surface area contributed by atoms with Crippen molar-refractivity contribution in [3.05, 3.63) is 140 Å². The molecule has 0 saturated carbocycles. The van der Waals surface area contributed by atoms with Gasteiger partial charge in [0.15, 0.2) is 5.58 Å². The second-order valence-corrected chi connectivity index (χ2v) is 9.75. The number of rotatable bonds is 3. The normalized spacial score (nSPS) is 11.7. The average molecular weight is 486 g/mol. The van der Waals surface area contributed by atoms with Gasteiger partial charge in [-0.2, -0.15) is 0 Å². The molecule has 0 saturated heterocycles. The summed E-state index contributed by atoms with van der Waals surface area (Å²) in [5.74, 6) is 0. The highest BCUT2D eigenvalue weighted by atomic mass is 16.3. The maximum absolute atomic E-state index is 6.54. The van der Waals surface area contributed by atoms with E-state index in [4.69, 9.17) is 4.42 Å². The molecule has 2 nitrogen and oxygen atoms in total. The summed E-state index contributed by atoms with van der Waals surface area (Å²) < 4.78 is 6.54. The van der Waals surface area contributed by atoms with E-state index in [1.165, 1.54) is 32.3 Å². The zero-order valence-electron chi connectivity index (χ0n) is 20.6. The van der Waals surface area contributed by atoms with E-state index < -0.39 is 0 Å². The number of hydrogen-bond acceptors (Lipinski definition) is 2. The molecule has 0 fully saturated rings. The van der Waals surface area contributed by atoms with E-state index in [0.29, 0.717) is 0 Å². The van der Waals surface area contributed by atoms with Gasteiger partial charge < -0.3 is 9.32 Å². The van der Waals surface area contributed by atoms with E-state index in [9.17, 15) is 0 Å². The first-order valence-electron chi connectivity index (χ1n) is 13.0. The van der Waals surface area contributed by atoms with Gasteiger partial charge in [-0.3, -0.25) is 0 Å². The molecule has 1 aromatic heterocycles. The van der Waals surface area contributed by atoms with Crippen LogP contribution in [0, 0.1) is 0 Å². The molecule has 0 aliphatic rings. The lowest BCUT2D eigenvalue weighted by atomic mass is 9.95. The standard InChI is InChI=1S/C36H23NO/c1-2-12-25(13-3-1)37(33-19-10-18-31-30-17-8-9-20-35(30)38-36(31)33)34-23-32-26-14-5-4-11-24(26)21-22-28(32)27-15-6-7-16-29(27)34/h1-23H. The van der Waals surface area contributed by atoms with Crippen molar-refractivity contribution < 1.29 is 4.42 Å². The maximum atomic E-state index is 6.54. The number of nitrogens with zero attached hydrogens (tertiary/aromatic N) is 1. The predicted molar refractivity (Wildman–Crippen MR) is 161 cm³/mol. The number of furan rings is 1. The molecule has 0 spiro atoms. The lowest BCUT2D eigenvalue weighted by Crippen LogP contribution is -2.11. The van der Waals surface area contributed by atoms with Crippen LogP contribution in [-0.2, 0) is 0 Å². The lowest BCUT2D eigenvalue weighted by molar-refractivity contribution is 0.669. The summed E-state index contributed by atoms with van der Waals surface area (Å²) >= 11 is 0. The Labute approximate surface area is 220 Å². The van der Waals surface area contributed by atoms with E-state index in [0.717, 1.165) is 39.0 Å². The van der Waals surface area contributed by atoms with Crippen molar-refractivity contribution in [2.24, 2.45) is 0 Å². The van der Waals surface area contributed by atoms with Gasteiger partial charge in [0.05, 0.1) is 11.4 Å². The Morgan fingerprint density at radius 1 is 0.395 bits per heavy atom. The number of benzene rings is 7. The fraction of sp³-hybridized carbons (Fsp3) is 0. The topological polar surface area (TPSA) is 16.4 Å². The van der Waals surface area contributed by atoms with Crippen LogP contribution >= 0.6 is 0 Å². The molecule has 7 aromatic carbocycles. The molecule has 0 aliphatic carbocycles. The fourth-order valence-electron chi connectivity index (χ4n) is 5.92. The summed E-state index contributed by atoms with van der Waals surface area (Å²) in [5, 5.41) is 9.70. The third-order valence-corrected chi connectivity index (χ3v) is 7.62. The zero-order valence-corrected chi connectivity index (χ0v) is 20.6. The highest BCUT2D eigenvalue weighted by Crippen LogP contribution is 2.46. The monoisotopic (exact) mass is 485 g/mol. The van der Waals surface area contributed by atoms with Crippen molar-refractivity contribution in [1.82, 2.24) is 0 Å². The van der Waals surface area contributed by atoms with Crippen molar-refractivity contribution >= 4 is 71.3 Å². The first-order chi connectivity index (χ1) is 18.9. The fourth-order valence-corrected chi connectivity index (χ4v) is 5.92. The van der Waals surface area contributed by atoms with Crippen molar-refractivity contribution in [1.29, 1.82) is 0 Å². The predicted octanol–water partition coefficient (Wildman–Crippen LogP) is 10.5. The molecule has 0 N–H and O–H groups in total. The Morgan fingerprint density at radius 3 is 1.92 bits per heavy atom. The largest absolute Gasteiger partial charge is 0.454 e. The van der Waals surface area contributed by atoms with Gasteiger partial charge >= 0.3 is 0 Å². The van der Waals surface area contributed by atoms with Gasteiger partial charge in [0.25, 0.3) is 0 Å². The highest BCUT2D eigenvalue weighted by Gasteiger charge is 2.22. The molecule has 0 amide bonds. The van der Waals surface area contributed by atoms with Crippen LogP contribution in [0.15, 0.2) is 144 Å². The SMILES string of the molecule is c1ccc(N(c2cc3c4ccccc4ccc3c3ccccc23)c2cccc3c2oc2ccccc23)cc1. The van der Waals surface area contributed by atoms with E-state index >= 15 is 0 Å². The maximum Gasteiger partial charge on any atom is 0.159 e. The van der Waals surface area contributed by atoms with Crippen molar-refractivity contribution in [2.45, 2.75) is 0 Å². The van der Waals surface area contributed by atoms with Crippen LogP contribution in [0.4, 0.5) is 17.1 Å². The molecule has 0 bridgehead atoms. The van der Waals surface area contributed by atoms with Crippen LogP contribution in [0.1, 0.15) is 0 Å². The molecule has 0 unspecified atom stereocenters. The molecular weight excluding hydrogens is 462 g/mol. The second-order valence-electron chi connectivity index (χ2n) is 9.75. The molecule has 38 heavy (non-hydrogen) atoms. The molecule has 8 rings (SSSR count). The molecule has 2 heteroatoms. The number of fused-ring (bicyclic) bond motifs is 8. The van der Waals surface area contributed by atoms with Crippen LogP contribution < -0.4 is 4.90 Å². The smallest absolute Gasteiger partial charge is 0.159 e. The van der Waals surface area contributed by atoms with Crippen molar-refractivity contribution in [2.75, 3.05) is 4.90 Å². The first-order valence-corrected chi connectivity index (χ1v) is 13.0. The number of anilines is 3. The Balaban J connectivity index is 1.53. The molecule has 0 radical (unpaired) electrons. The summed E-state index contributed by atoms with van der Waals surface area (Å²) in [6.07, 6.45) is 0. The Morgan fingerprint density at radius 2 is 1.05 bits per heavy atom. The third-order valence-electron chi connectivity index (χ3n) is 7.62. The van der Waals surface area contributed by atoms with Crippen molar-refractivity contribution in [3.8, 4) is 0 Å². The molecule has 0 atom stereocenters. The minimum absolute atomic E-state index is 0.889. The van der Waals surface area contributed by atoms with E-state index in [1.54, 1.807) is 0 Å². The molecular formula is C36H23NO. The quantitative estimate of drug-likeness (QED) is 0.231. The van der Waals surface area contributed by atoms with Gasteiger partial charge in [-0.25, -0.2) is 0 Å². The lowest BCUT2D eigenvalue weighted by Gasteiger charge is -2.27. The van der Waals surface area contributed by atoms with Gasteiger partial charge in [-0.05, 0) is 57.3 Å². The van der Waals surface area contributed by atoms with Crippen LogP contribution in [0.3, 0.4) is 0 Å². The van der Waals surface area contributed by atoms with Gasteiger partial charge in [0, 0.05) is 21.8 Å². The van der Waals surface area contributed by atoms with Gasteiger partial charge in [-0.1, -0.05) is 109 Å². The van der Waals surface area contributed by atoms with Crippen LogP contribution in [0.2, 0.25) is 0 Å². The molecule has 178 valence electrons. The average Bonchev–Trinajstić information content (AvgIpc) is 3.37. The minimum Gasteiger partial charge on any atom is -0.454 e. The summed E-state index contributed by atoms with van der Waals surface area (Å²) in [7, 11) is 0. The Hall–Kier alpha value is -5.08. The Kier molecular flexibility index (Phi) is 4.55. The van der Waals surface area contributed by atoms with Crippen LogP contribution in [0.5, 0.6) is 0 Å². The third kappa shape index (κ3) is 3.07. The molecule has 8 aromatic rings. The van der Waals surface area contributed by atoms with E-state index in [2.05, 4.69) is 132 Å². The second kappa shape index (κ2) is 8.22. The van der Waals surface area contributed by atoms with E-state index in [-0.39, 0.29) is 0 Å². The zero-order chi connectivity index (χ0) is 25.1. The van der Waals surface area contributed by atoms with Gasteiger partial charge in [0.2, 0.25) is 0 Å².